The van der Waals surface area contributed by atoms with Crippen LogP contribution in [0.15, 0.2) is 77.7 Å². The van der Waals surface area contributed by atoms with E-state index in [1.165, 1.54) is 23.5 Å². The fourth-order valence-electron chi connectivity index (χ4n) is 2.73. The summed E-state index contributed by atoms with van der Waals surface area (Å²) in [6, 6.07) is 20.7. The molecule has 1 amide bonds. The van der Waals surface area contributed by atoms with Crippen LogP contribution in [0.25, 0.3) is 10.2 Å². The van der Waals surface area contributed by atoms with Crippen molar-refractivity contribution in [3.8, 4) is 0 Å². The second-order valence-corrected chi connectivity index (χ2v) is 9.15. The summed E-state index contributed by atoms with van der Waals surface area (Å²) in [5.41, 5.74) is 2.91. The summed E-state index contributed by atoms with van der Waals surface area (Å²) in [6.45, 7) is 1.96. The summed E-state index contributed by atoms with van der Waals surface area (Å²) < 4.78 is 28.2. The minimum Gasteiger partial charge on any atom is -0.322 e. The van der Waals surface area contributed by atoms with Crippen LogP contribution in [0.3, 0.4) is 0 Å². The molecule has 4 aromatic rings. The highest BCUT2D eigenvalue weighted by Gasteiger charge is 2.16. The predicted molar refractivity (Wildman–Crippen MR) is 116 cm³/mol. The maximum absolute atomic E-state index is 12.5. The second kappa shape index (κ2) is 7.65. The van der Waals surface area contributed by atoms with Crippen molar-refractivity contribution >= 4 is 48.3 Å². The highest BCUT2D eigenvalue weighted by Crippen LogP contribution is 2.30. The van der Waals surface area contributed by atoms with Gasteiger partial charge in [-0.05, 0) is 49.4 Å². The van der Waals surface area contributed by atoms with Crippen LogP contribution in [-0.4, -0.2) is 19.3 Å². The van der Waals surface area contributed by atoms with Gasteiger partial charge >= 0.3 is 0 Å². The molecule has 0 saturated carbocycles. The zero-order chi connectivity index (χ0) is 20.4. The molecular weight excluding hydrogens is 406 g/mol. The summed E-state index contributed by atoms with van der Waals surface area (Å²) in [7, 11) is -3.70. The number of rotatable bonds is 5. The van der Waals surface area contributed by atoms with Gasteiger partial charge in [0.15, 0.2) is 5.13 Å². The summed E-state index contributed by atoms with van der Waals surface area (Å²) in [5, 5.41) is 3.12. The zero-order valence-electron chi connectivity index (χ0n) is 15.4. The van der Waals surface area contributed by atoms with Gasteiger partial charge in [-0.2, -0.15) is 0 Å². The first kappa shape index (κ1) is 19.1. The Morgan fingerprint density at radius 2 is 1.69 bits per heavy atom. The van der Waals surface area contributed by atoms with Gasteiger partial charge in [0.1, 0.15) is 0 Å². The molecule has 146 valence electrons. The van der Waals surface area contributed by atoms with Crippen molar-refractivity contribution < 1.29 is 13.2 Å². The Kier molecular flexibility index (Phi) is 5.04. The van der Waals surface area contributed by atoms with Crippen LogP contribution in [0.5, 0.6) is 0 Å². The van der Waals surface area contributed by atoms with Gasteiger partial charge in [0.2, 0.25) is 0 Å². The fourth-order valence-corrected chi connectivity index (χ4v) is 4.89. The third-order valence-electron chi connectivity index (χ3n) is 4.24. The molecular formula is C21H17N3O3S2. The number of sulfonamides is 1. The number of aromatic nitrogens is 1. The Morgan fingerprint density at radius 3 is 2.41 bits per heavy atom. The van der Waals surface area contributed by atoms with E-state index in [-0.39, 0.29) is 15.9 Å². The zero-order valence-corrected chi connectivity index (χ0v) is 17.0. The van der Waals surface area contributed by atoms with Gasteiger partial charge in [0.25, 0.3) is 15.9 Å². The number of amides is 1. The standard InChI is InChI=1S/C21H17N3O3S2/c1-14-7-9-15(10-8-14)20(25)22-16-11-12-18-19(13-16)28-21(23-18)24-29(26,27)17-5-3-2-4-6-17/h2-13H,1H3,(H,22,25)(H,23,24). The maximum atomic E-state index is 12.5. The van der Waals surface area contributed by atoms with Crippen LogP contribution in [0, 0.1) is 6.92 Å². The number of fused-ring (bicyclic) bond motifs is 1. The minimum absolute atomic E-state index is 0.172. The van der Waals surface area contributed by atoms with E-state index in [2.05, 4.69) is 15.0 Å². The predicted octanol–water partition coefficient (Wildman–Crippen LogP) is 4.66. The van der Waals surface area contributed by atoms with E-state index < -0.39 is 10.0 Å². The Balaban J connectivity index is 1.55. The molecule has 0 atom stereocenters. The van der Waals surface area contributed by atoms with Crippen LogP contribution in [0.1, 0.15) is 15.9 Å². The molecule has 0 aliphatic carbocycles. The lowest BCUT2D eigenvalue weighted by Gasteiger charge is -2.05. The van der Waals surface area contributed by atoms with Crippen molar-refractivity contribution in [3.05, 3.63) is 83.9 Å². The van der Waals surface area contributed by atoms with Gasteiger partial charge in [0.05, 0.1) is 15.1 Å². The number of anilines is 2. The second-order valence-electron chi connectivity index (χ2n) is 6.44. The quantitative estimate of drug-likeness (QED) is 0.489. The van der Waals surface area contributed by atoms with Crippen LogP contribution >= 0.6 is 11.3 Å². The molecule has 6 nitrogen and oxygen atoms in total. The largest absolute Gasteiger partial charge is 0.322 e. The molecule has 1 heterocycles. The Hall–Kier alpha value is -3.23. The molecule has 4 rings (SSSR count). The normalized spacial score (nSPS) is 11.3. The molecule has 0 radical (unpaired) electrons. The van der Waals surface area contributed by atoms with Gasteiger partial charge in [-0.15, -0.1) is 0 Å². The summed E-state index contributed by atoms with van der Waals surface area (Å²) >= 11 is 1.21. The first-order valence-electron chi connectivity index (χ1n) is 8.77. The molecule has 3 aromatic carbocycles. The van der Waals surface area contributed by atoms with Crippen molar-refractivity contribution in [3.63, 3.8) is 0 Å². The first-order valence-corrected chi connectivity index (χ1v) is 11.1. The smallest absolute Gasteiger partial charge is 0.263 e. The van der Waals surface area contributed by atoms with E-state index in [1.807, 2.05) is 19.1 Å². The highest BCUT2D eigenvalue weighted by atomic mass is 32.2. The van der Waals surface area contributed by atoms with E-state index in [9.17, 15) is 13.2 Å². The van der Waals surface area contributed by atoms with E-state index in [0.29, 0.717) is 16.8 Å². The number of thiazole rings is 1. The van der Waals surface area contributed by atoms with Gasteiger partial charge in [-0.3, -0.25) is 9.52 Å². The maximum Gasteiger partial charge on any atom is 0.263 e. The van der Waals surface area contributed by atoms with Crippen molar-refractivity contribution in [2.24, 2.45) is 0 Å². The number of hydrogen-bond donors (Lipinski definition) is 2. The van der Waals surface area contributed by atoms with Crippen molar-refractivity contribution in [1.29, 1.82) is 0 Å². The molecule has 0 saturated heterocycles. The topological polar surface area (TPSA) is 88.2 Å². The van der Waals surface area contributed by atoms with E-state index in [1.54, 1.807) is 48.5 Å². The Morgan fingerprint density at radius 1 is 0.966 bits per heavy atom. The average Bonchev–Trinajstić information content (AvgIpc) is 3.10. The number of hydrogen-bond acceptors (Lipinski definition) is 5. The van der Waals surface area contributed by atoms with E-state index in [4.69, 9.17) is 0 Å². The lowest BCUT2D eigenvalue weighted by Crippen LogP contribution is -2.12. The molecule has 0 spiro atoms. The third kappa shape index (κ3) is 4.28. The lowest BCUT2D eigenvalue weighted by molar-refractivity contribution is 0.102. The monoisotopic (exact) mass is 423 g/mol. The number of nitrogens with one attached hydrogen (secondary N) is 2. The number of carbonyl (C=O) groups is 1. The number of carbonyl (C=O) groups excluding carboxylic acids is 1. The fraction of sp³-hybridized carbons (Fsp3) is 0.0476. The third-order valence-corrected chi connectivity index (χ3v) is 6.65. The number of benzene rings is 3. The van der Waals surface area contributed by atoms with Crippen molar-refractivity contribution in [2.45, 2.75) is 11.8 Å². The summed E-state index contributed by atoms with van der Waals surface area (Å²) in [4.78, 5) is 16.9. The molecule has 2 N–H and O–H groups in total. The molecule has 1 aromatic heterocycles. The van der Waals surface area contributed by atoms with Crippen molar-refractivity contribution in [2.75, 3.05) is 10.0 Å². The molecule has 29 heavy (non-hydrogen) atoms. The first-order chi connectivity index (χ1) is 13.9. The number of aryl methyl sites for hydroxylation is 1. The SMILES string of the molecule is Cc1ccc(C(=O)Nc2ccc3nc(NS(=O)(=O)c4ccccc4)sc3c2)cc1. The summed E-state index contributed by atoms with van der Waals surface area (Å²) in [5.74, 6) is -0.209. The molecule has 0 unspecified atom stereocenters. The highest BCUT2D eigenvalue weighted by molar-refractivity contribution is 7.93. The van der Waals surface area contributed by atoms with Crippen LogP contribution in [-0.2, 0) is 10.0 Å². The van der Waals surface area contributed by atoms with E-state index >= 15 is 0 Å². The molecule has 0 bridgehead atoms. The molecule has 8 heteroatoms. The average molecular weight is 424 g/mol. The Bertz CT molecular complexity index is 1280. The van der Waals surface area contributed by atoms with Gasteiger partial charge in [0, 0.05) is 11.3 Å². The van der Waals surface area contributed by atoms with Crippen molar-refractivity contribution in [1.82, 2.24) is 4.98 Å². The summed E-state index contributed by atoms with van der Waals surface area (Å²) in [6.07, 6.45) is 0. The molecule has 0 aliphatic rings. The van der Waals surface area contributed by atoms with Gasteiger partial charge in [-0.25, -0.2) is 13.4 Å². The number of nitrogens with zero attached hydrogens (tertiary/aromatic N) is 1. The lowest BCUT2D eigenvalue weighted by atomic mass is 10.1. The molecule has 0 aliphatic heterocycles. The molecule has 0 fully saturated rings. The van der Waals surface area contributed by atoms with E-state index in [0.717, 1.165) is 10.3 Å². The Labute approximate surface area is 172 Å². The van der Waals surface area contributed by atoms with Gasteiger partial charge in [-0.1, -0.05) is 47.2 Å². The van der Waals surface area contributed by atoms with Crippen LogP contribution in [0.4, 0.5) is 10.8 Å². The van der Waals surface area contributed by atoms with Gasteiger partial charge < -0.3 is 5.32 Å². The van der Waals surface area contributed by atoms with Crippen LogP contribution < -0.4 is 10.0 Å². The minimum atomic E-state index is -3.70. The van der Waals surface area contributed by atoms with Crippen LogP contribution in [0.2, 0.25) is 0 Å².